The van der Waals surface area contributed by atoms with Crippen molar-refractivity contribution in [3.8, 4) is 0 Å². The Hall–Kier alpha value is -5.24. The number of allylic oxidation sites excluding steroid dienone is 1. The number of carbonyl (C=O) groups is 10. The van der Waals surface area contributed by atoms with Gasteiger partial charge in [0.2, 0.25) is 0 Å². The highest BCUT2D eigenvalue weighted by Gasteiger charge is 2.61. The maximum absolute atomic E-state index is 12.8. The van der Waals surface area contributed by atoms with Crippen LogP contribution in [0, 0.1) is 65.1 Å². The van der Waals surface area contributed by atoms with E-state index in [1.54, 1.807) is 14.7 Å². The molecule has 8 heterocycles. The van der Waals surface area contributed by atoms with Gasteiger partial charge in [0.25, 0.3) is 0 Å². The molecule has 0 spiro atoms. The number of ketones is 6. The van der Waals surface area contributed by atoms with Crippen molar-refractivity contribution in [2.75, 3.05) is 0 Å². The molecule has 8 saturated carbocycles. The minimum absolute atomic E-state index is 0.0468. The first-order chi connectivity index (χ1) is 42.7. The number of hydrogen-bond acceptors (Lipinski definition) is 16. The first-order valence-corrected chi connectivity index (χ1v) is 35.0. The van der Waals surface area contributed by atoms with E-state index in [4.69, 9.17) is 18.9 Å². The van der Waals surface area contributed by atoms with Crippen LogP contribution in [0.4, 0.5) is 19.2 Å². The van der Waals surface area contributed by atoms with Gasteiger partial charge in [-0.2, -0.15) is 0 Å². The van der Waals surface area contributed by atoms with Crippen molar-refractivity contribution >= 4 is 59.1 Å². The van der Waals surface area contributed by atoms with Gasteiger partial charge in [0, 0.05) is 65.1 Å². The minimum atomic E-state index is -0.674. The molecule has 16 rings (SSSR count). The molecule has 16 aliphatic rings. The molecule has 8 aliphatic carbocycles. The van der Waals surface area contributed by atoms with Crippen LogP contribution in [-0.4, -0.2) is 172 Å². The third-order valence-corrected chi connectivity index (χ3v) is 21.2. The van der Waals surface area contributed by atoms with Crippen molar-refractivity contribution in [2.45, 2.75) is 316 Å². The van der Waals surface area contributed by atoms with Crippen molar-refractivity contribution in [2.24, 2.45) is 65.1 Å². The van der Waals surface area contributed by atoms with E-state index in [1.165, 1.54) is 71.1 Å². The van der Waals surface area contributed by atoms with Crippen LogP contribution in [0.15, 0.2) is 11.6 Å². The van der Waals surface area contributed by atoms with Crippen LogP contribution in [0.25, 0.3) is 0 Å². The average molecular weight is 1290 g/mol. The first kappa shape index (κ1) is 71.1. The van der Waals surface area contributed by atoms with Crippen LogP contribution in [0.1, 0.15) is 233 Å². The number of ether oxygens (including phenoxy) is 4. The number of rotatable bonds is 11. The Balaban J connectivity index is 0.000000145. The van der Waals surface area contributed by atoms with E-state index < -0.39 is 89.1 Å². The Morgan fingerprint density at radius 3 is 1.11 bits per heavy atom. The smallest absolute Gasteiger partial charge is 0.411 e. The molecule has 17 atom stereocenters. The second-order valence-corrected chi connectivity index (χ2v) is 33.5. The third-order valence-electron chi connectivity index (χ3n) is 21.2. The second kappa shape index (κ2) is 27.1. The molecule has 16 fully saturated rings. The number of Topliss-reactive ketones (excluding diaryl/α,β-unsaturated/α-hetero) is 6. The van der Waals surface area contributed by atoms with Crippen molar-refractivity contribution in [1.82, 2.24) is 19.6 Å². The van der Waals surface area contributed by atoms with E-state index in [0.717, 1.165) is 76.2 Å². The summed E-state index contributed by atoms with van der Waals surface area (Å²) in [5.74, 6) is 1.42. The predicted octanol–water partition coefficient (Wildman–Crippen LogP) is 11.3. The summed E-state index contributed by atoms with van der Waals surface area (Å²) < 4.78 is 22.2. The zero-order valence-corrected chi connectivity index (χ0v) is 58.0. The van der Waals surface area contributed by atoms with E-state index >= 15 is 0 Å². The molecule has 3 unspecified atom stereocenters. The molecule has 20 nitrogen and oxygen atoms in total. The molecular weight excluding hydrogens is 1180 g/mol. The Bertz CT molecular complexity index is 2770. The lowest BCUT2D eigenvalue weighted by Crippen LogP contribution is -2.68. The third kappa shape index (κ3) is 16.3. The molecular formula is C72H110N4O16. The van der Waals surface area contributed by atoms with Gasteiger partial charge >= 0.3 is 24.4 Å². The van der Waals surface area contributed by atoms with Crippen molar-refractivity contribution < 1.29 is 77.1 Å². The normalized spacial score (nSPS) is 35.0. The molecule has 8 aliphatic heterocycles. The monoisotopic (exact) mass is 1290 g/mol. The summed E-state index contributed by atoms with van der Waals surface area (Å²) in [5, 5.41) is 21.5. The fourth-order valence-electron chi connectivity index (χ4n) is 16.9. The second-order valence-electron chi connectivity index (χ2n) is 33.5. The van der Waals surface area contributed by atoms with Gasteiger partial charge in [-0.05, 0) is 218 Å². The van der Waals surface area contributed by atoms with Gasteiger partial charge in [-0.1, -0.05) is 44.6 Å². The van der Waals surface area contributed by atoms with Crippen LogP contribution in [0.2, 0.25) is 0 Å². The lowest BCUT2D eigenvalue weighted by molar-refractivity contribution is -0.153. The summed E-state index contributed by atoms with van der Waals surface area (Å²) in [4.78, 5) is 132. The maximum Gasteiger partial charge on any atom is 0.411 e. The highest BCUT2D eigenvalue weighted by Crippen LogP contribution is 2.52. The number of carbonyl (C=O) groups excluding carboxylic acids is 10. The molecule has 4 amide bonds. The topological polar surface area (TPSA) is 261 Å². The number of piperidine rings is 8. The molecule has 0 radical (unpaired) electrons. The van der Waals surface area contributed by atoms with Gasteiger partial charge in [-0.25, -0.2) is 19.2 Å². The summed E-state index contributed by atoms with van der Waals surface area (Å²) in [7, 11) is 0. The Morgan fingerprint density at radius 1 is 0.413 bits per heavy atom. The van der Waals surface area contributed by atoms with Gasteiger partial charge in [0.1, 0.15) is 40.3 Å². The van der Waals surface area contributed by atoms with E-state index in [2.05, 4.69) is 0 Å². The number of fused-ring (bicyclic) bond motifs is 12. The molecule has 8 bridgehead atoms. The number of nitrogens with zero attached hydrogens (tertiary/aromatic N) is 4. The number of aliphatic hydroxyl groups is 2. The Morgan fingerprint density at radius 2 is 0.750 bits per heavy atom. The lowest BCUT2D eigenvalue weighted by Gasteiger charge is -2.56. The van der Waals surface area contributed by atoms with Crippen molar-refractivity contribution in [3.05, 3.63) is 11.6 Å². The SMILES string of the molecule is CC(=O)[C@@H]1[C@@H]2CC[C@@H](/C(=C\C3CC3)C2=O)N1C(=O)OC(C)(C)C.CC(=O)[C@@H]1[C@@H]2CC[C@@H](C(CC3CC3)C2=O)N1C(=O)OC(C)(C)C.CC(=O)[C@@H]1[C@@H]2CC[C@@H](C(CC3CC3)[C@@H]2O)N1C(=O)OC(C)(C)C.CC(=O)[C@@H]1[C@@H]2CC[C@@H](C(CC3CC3)[C@H]2O)N1C(=O)OC(C)(C)C. The van der Waals surface area contributed by atoms with Gasteiger partial charge < -0.3 is 29.2 Å². The largest absolute Gasteiger partial charge is 0.444 e. The minimum Gasteiger partial charge on any atom is -0.444 e. The van der Waals surface area contributed by atoms with Crippen LogP contribution in [0.5, 0.6) is 0 Å². The van der Waals surface area contributed by atoms with Gasteiger partial charge in [-0.15, -0.1) is 0 Å². The zero-order chi connectivity index (χ0) is 67.8. The van der Waals surface area contributed by atoms with E-state index in [1.807, 2.05) is 89.2 Å². The fraction of sp³-hybridized carbons (Fsp3) is 0.833. The molecule has 20 heteroatoms. The number of aliphatic hydroxyl groups excluding tert-OH is 2. The summed E-state index contributed by atoms with van der Waals surface area (Å²) in [6, 6.07) is -2.99. The molecule has 2 N–H and O–H groups in total. The standard InChI is InChI=1S/2C18H29NO4.C18H27NO4.C18H25NO4/c4*1-10(20)15-12-7-8-14(13(16(12)21)9-11-5-6-11)19(15)17(22)23-18(2,3)4/h2*11-16,21H,5-9H2,1-4H3;11-15H,5-9H2,1-4H3;9,11-12,14-15H,5-8H2,1-4H3/b;;;13-9+/t12-,13?,14-,15+,16+;12-,13?,14-,15+,16-;12-,13?,14-,15+;12-,14-,15+/m0000/s1. The first-order valence-electron chi connectivity index (χ1n) is 35.0. The summed E-state index contributed by atoms with van der Waals surface area (Å²) in [6.07, 6.45) is 17.9. The van der Waals surface area contributed by atoms with Gasteiger partial charge in [0.15, 0.2) is 28.9 Å². The summed E-state index contributed by atoms with van der Waals surface area (Å²) in [6.45, 7) is 27.9. The highest BCUT2D eigenvalue weighted by molar-refractivity contribution is 6.06. The molecule has 92 heavy (non-hydrogen) atoms. The predicted molar refractivity (Wildman–Crippen MR) is 342 cm³/mol. The highest BCUT2D eigenvalue weighted by atomic mass is 16.6. The Labute approximate surface area is 546 Å². The summed E-state index contributed by atoms with van der Waals surface area (Å²) in [5.41, 5.74) is -1.67. The molecule has 0 aromatic carbocycles. The Kier molecular flexibility index (Phi) is 20.9. The molecule has 0 aromatic rings. The van der Waals surface area contributed by atoms with E-state index in [0.29, 0.717) is 36.5 Å². The van der Waals surface area contributed by atoms with Crippen LogP contribution < -0.4 is 0 Å². The maximum atomic E-state index is 12.8. The quantitative estimate of drug-likeness (QED) is 0.144. The van der Waals surface area contributed by atoms with Gasteiger partial charge in [0.05, 0.1) is 30.3 Å². The lowest BCUT2D eigenvalue weighted by atomic mass is 9.64. The van der Waals surface area contributed by atoms with E-state index in [9.17, 15) is 58.2 Å². The molecule has 0 aromatic heterocycles. The summed E-state index contributed by atoms with van der Waals surface area (Å²) >= 11 is 0. The van der Waals surface area contributed by atoms with Crippen molar-refractivity contribution in [3.63, 3.8) is 0 Å². The number of hydrogen-bond donors (Lipinski definition) is 2. The van der Waals surface area contributed by atoms with E-state index in [-0.39, 0.29) is 94.4 Å². The van der Waals surface area contributed by atoms with Crippen LogP contribution in [-0.2, 0) is 47.7 Å². The van der Waals surface area contributed by atoms with Crippen LogP contribution >= 0.6 is 0 Å². The molecule has 8 saturated heterocycles. The van der Waals surface area contributed by atoms with Crippen molar-refractivity contribution in [1.29, 1.82) is 0 Å². The average Bonchev–Trinajstić information content (AvgIpc) is 1.24. The van der Waals surface area contributed by atoms with Gasteiger partial charge in [-0.3, -0.25) is 48.4 Å². The van der Waals surface area contributed by atoms with Crippen LogP contribution in [0.3, 0.4) is 0 Å². The molecule has 514 valence electrons. The number of amides is 4. The fourth-order valence-corrected chi connectivity index (χ4v) is 16.9. The zero-order valence-electron chi connectivity index (χ0n) is 58.0.